The van der Waals surface area contributed by atoms with Crippen LogP contribution in [0.3, 0.4) is 0 Å². The highest BCUT2D eigenvalue weighted by molar-refractivity contribution is 5.35. The Kier molecular flexibility index (Phi) is 2.28. The summed E-state index contributed by atoms with van der Waals surface area (Å²) in [6.07, 6.45) is 2.09. The van der Waals surface area contributed by atoms with E-state index >= 15 is 0 Å². The Balaban J connectivity index is 2.03. The van der Waals surface area contributed by atoms with Crippen molar-refractivity contribution in [1.29, 1.82) is 0 Å². The minimum atomic E-state index is -0.804. The Morgan fingerprint density at radius 3 is 2.29 bits per heavy atom. The maximum absolute atomic E-state index is 13.3. The Labute approximate surface area is 98.8 Å². The molecule has 0 radical (unpaired) electrons. The lowest BCUT2D eigenvalue weighted by molar-refractivity contribution is -0.0974. The maximum Gasteiger partial charge on any atom is 0.159 e. The normalized spacial score (nSPS) is 24.2. The molecule has 0 aromatic heterocycles. The van der Waals surface area contributed by atoms with Gasteiger partial charge in [0.2, 0.25) is 0 Å². The first-order valence-electron chi connectivity index (χ1n) is 5.87. The summed E-state index contributed by atoms with van der Waals surface area (Å²) in [6, 6.07) is 4.15. The average molecular weight is 239 g/mol. The monoisotopic (exact) mass is 239 g/mol. The minimum absolute atomic E-state index is 0.0372. The van der Waals surface area contributed by atoms with Crippen molar-refractivity contribution in [3.8, 4) is 0 Å². The highest BCUT2D eigenvalue weighted by atomic mass is 19.2. The van der Waals surface area contributed by atoms with Gasteiger partial charge in [0.15, 0.2) is 11.6 Å². The van der Waals surface area contributed by atoms with Crippen molar-refractivity contribution < 1.29 is 13.5 Å². The van der Waals surface area contributed by atoms with Crippen LogP contribution in [-0.4, -0.2) is 19.8 Å². The predicted molar refractivity (Wildman–Crippen MR) is 59.6 cm³/mol. The Bertz CT molecular complexity index is 453. The SMILES string of the molecule is NCC1(C2(c3ccc(F)c(F)c3)COC2)CC1. The molecule has 2 N–H and O–H groups in total. The van der Waals surface area contributed by atoms with Gasteiger partial charge in [-0.1, -0.05) is 6.07 Å². The zero-order chi connectivity index (χ0) is 12.1. The van der Waals surface area contributed by atoms with E-state index in [1.165, 1.54) is 12.1 Å². The molecule has 17 heavy (non-hydrogen) atoms. The number of rotatable bonds is 3. The Morgan fingerprint density at radius 2 is 1.88 bits per heavy atom. The van der Waals surface area contributed by atoms with Crippen LogP contribution in [0.4, 0.5) is 8.78 Å². The van der Waals surface area contributed by atoms with Crippen molar-refractivity contribution in [3.05, 3.63) is 35.4 Å². The third-order valence-electron chi connectivity index (χ3n) is 4.43. The fourth-order valence-corrected chi connectivity index (χ4v) is 2.91. The van der Waals surface area contributed by atoms with Gasteiger partial charge in [0, 0.05) is 5.41 Å². The van der Waals surface area contributed by atoms with Crippen LogP contribution in [0, 0.1) is 17.0 Å². The van der Waals surface area contributed by atoms with Crippen molar-refractivity contribution in [2.45, 2.75) is 18.3 Å². The maximum atomic E-state index is 13.3. The van der Waals surface area contributed by atoms with Crippen LogP contribution in [0.5, 0.6) is 0 Å². The molecule has 3 rings (SSSR count). The predicted octanol–water partition coefficient (Wildman–Crippen LogP) is 1.97. The number of halogens is 2. The summed E-state index contributed by atoms with van der Waals surface area (Å²) in [6.45, 7) is 1.71. The van der Waals surface area contributed by atoms with E-state index < -0.39 is 11.6 Å². The molecule has 0 bridgehead atoms. The second kappa shape index (κ2) is 3.50. The quantitative estimate of drug-likeness (QED) is 0.875. The number of hydrogen-bond acceptors (Lipinski definition) is 2. The van der Waals surface area contributed by atoms with Gasteiger partial charge in [0.1, 0.15) is 0 Å². The van der Waals surface area contributed by atoms with E-state index in [2.05, 4.69) is 0 Å². The molecule has 1 aromatic carbocycles. The van der Waals surface area contributed by atoms with Gasteiger partial charge in [0.05, 0.1) is 13.2 Å². The van der Waals surface area contributed by atoms with E-state index in [-0.39, 0.29) is 10.8 Å². The number of ether oxygens (including phenoxy) is 1. The molecular weight excluding hydrogens is 224 g/mol. The molecule has 2 nitrogen and oxygen atoms in total. The fourth-order valence-electron chi connectivity index (χ4n) is 2.91. The summed E-state index contributed by atoms with van der Waals surface area (Å²) in [5.41, 5.74) is 6.51. The van der Waals surface area contributed by atoms with Crippen LogP contribution in [0.1, 0.15) is 18.4 Å². The molecule has 1 aliphatic heterocycles. The third kappa shape index (κ3) is 1.37. The molecule has 0 spiro atoms. The standard InChI is InChI=1S/C13H15F2NO/c14-10-2-1-9(5-11(10)15)13(7-17-8-13)12(6-16)3-4-12/h1-2,5H,3-4,6-8,16H2. The van der Waals surface area contributed by atoms with Gasteiger partial charge in [-0.3, -0.25) is 0 Å². The largest absolute Gasteiger partial charge is 0.379 e. The van der Waals surface area contributed by atoms with E-state index in [1.54, 1.807) is 6.07 Å². The van der Waals surface area contributed by atoms with Gasteiger partial charge >= 0.3 is 0 Å². The topological polar surface area (TPSA) is 35.2 Å². The molecule has 0 atom stereocenters. The van der Waals surface area contributed by atoms with E-state index in [0.717, 1.165) is 18.4 Å². The van der Waals surface area contributed by atoms with Crippen molar-refractivity contribution in [2.75, 3.05) is 19.8 Å². The molecule has 2 fully saturated rings. The molecule has 1 saturated heterocycles. The summed E-state index contributed by atoms with van der Waals surface area (Å²) < 4.78 is 31.6. The molecule has 2 aliphatic rings. The lowest BCUT2D eigenvalue weighted by Gasteiger charge is -2.48. The van der Waals surface area contributed by atoms with Gasteiger partial charge in [-0.2, -0.15) is 0 Å². The number of benzene rings is 1. The van der Waals surface area contributed by atoms with Crippen LogP contribution in [0.2, 0.25) is 0 Å². The molecule has 1 aliphatic carbocycles. The second-order valence-corrected chi connectivity index (χ2v) is 5.19. The fraction of sp³-hybridized carbons (Fsp3) is 0.538. The van der Waals surface area contributed by atoms with Crippen LogP contribution in [0.15, 0.2) is 18.2 Å². The summed E-state index contributed by atoms with van der Waals surface area (Å²) in [5.74, 6) is -1.59. The summed E-state index contributed by atoms with van der Waals surface area (Å²) in [5, 5.41) is 0. The third-order valence-corrected chi connectivity index (χ3v) is 4.43. The van der Waals surface area contributed by atoms with Crippen LogP contribution in [-0.2, 0) is 10.2 Å². The van der Waals surface area contributed by atoms with Crippen molar-refractivity contribution in [3.63, 3.8) is 0 Å². The molecule has 0 amide bonds. The van der Waals surface area contributed by atoms with Gasteiger partial charge in [-0.25, -0.2) is 8.78 Å². The zero-order valence-electron chi connectivity index (χ0n) is 9.51. The summed E-state index contributed by atoms with van der Waals surface area (Å²) in [7, 11) is 0. The minimum Gasteiger partial charge on any atom is -0.379 e. The molecule has 92 valence electrons. The first-order chi connectivity index (χ1) is 8.13. The van der Waals surface area contributed by atoms with Gasteiger partial charge < -0.3 is 10.5 Å². The van der Waals surface area contributed by atoms with E-state index in [1.807, 2.05) is 0 Å². The lowest BCUT2D eigenvalue weighted by atomic mass is 9.66. The van der Waals surface area contributed by atoms with Gasteiger partial charge in [-0.15, -0.1) is 0 Å². The van der Waals surface area contributed by atoms with Crippen LogP contribution >= 0.6 is 0 Å². The lowest BCUT2D eigenvalue weighted by Crippen LogP contribution is -2.56. The molecule has 1 saturated carbocycles. The van der Waals surface area contributed by atoms with Crippen molar-refractivity contribution in [2.24, 2.45) is 11.1 Å². The first kappa shape index (κ1) is 11.1. The van der Waals surface area contributed by atoms with E-state index in [0.29, 0.717) is 19.8 Å². The van der Waals surface area contributed by atoms with Gasteiger partial charge in [-0.05, 0) is 42.5 Å². The summed E-state index contributed by atoms with van der Waals surface area (Å²) in [4.78, 5) is 0. The van der Waals surface area contributed by atoms with Crippen LogP contribution in [0.25, 0.3) is 0 Å². The van der Waals surface area contributed by atoms with Crippen molar-refractivity contribution >= 4 is 0 Å². The average Bonchev–Trinajstić information content (AvgIpc) is 3.03. The van der Waals surface area contributed by atoms with Crippen molar-refractivity contribution in [1.82, 2.24) is 0 Å². The highest BCUT2D eigenvalue weighted by Crippen LogP contribution is 2.61. The molecular formula is C13H15F2NO. The molecule has 0 unspecified atom stereocenters. The van der Waals surface area contributed by atoms with E-state index in [4.69, 9.17) is 10.5 Å². The highest BCUT2D eigenvalue weighted by Gasteiger charge is 2.62. The van der Waals surface area contributed by atoms with Gasteiger partial charge in [0.25, 0.3) is 0 Å². The smallest absolute Gasteiger partial charge is 0.159 e. The van der Waals surface area contributed by atoms with Crippen LogP contribution < -0.4 is 5.73 Å². The molecule has 4 heteroatoms. The molecule has 1 heterocycles. The first-order valence-corrected chi connectivity index (χ1v) is 5.87. The van der Waals surface area contributed by atoms with E-state index in [9.17, 15) is 8.78 Å². The zero-order valence-corrected chi connectivity index (χ0v) is 9.51. The number of nitrogens with two attached hydrogens (primary N) is 1. The second-order valence-electron chi connectivity index (χ2n) is 5.19. The Morgan fingerprint density at radius 1 is 1.18 bits per heavy atom. The molecule has 1 aromatic rings. The summed E-state index contributed by atoms with van der Waals surface area (Å²) >= 11 is 0. The number of hydrogen-bond donors (Lipinski definition) is 1. The Hall–Kier alpha value is -1.00.